The van der Waals surface area contributed by atoms with Gasteiger partial charge in [0.15, 0.2) is 11.5 Å². The third kappa shape index (κ3) is 1.80. The van der Waals surface area contributed by atoms with Gasteiger partial charge in [-0.3, -0.25) is 0 Å². The molecule has 2 nitrogen and oxygen atoms in total. The molecule has 0 aliphatic rings. The summed E-state index contributed by atoms with van der Waals surface area (Å²) in [5, 5.41) is 12.4. The van der Waals surface area contributed by atoms with Crippen molar-refractivity contribution in [3.8, 4) is 21.9 Å². The Morgan fingerprint density at radius 3 is 2.73 bits per heavy atom. The van der Waals surface area contributed by atoms with Crippen LogP contribution in [0.1, 0.15) is 0 Å². The van der Waals surface area contributed by atoms with Gasteiger partial charge in [-0.25, -0.2) is 0 Å². The van der Waals surface area contributed by atoms with E-state index in [-0.39, 0.29) is 5.75 Å². The van der Waals surface area contributed by atoms with Crippen LogP contribution in [-0.4, -0.2) is 12.2 Å². The smallest absolute Gasteiger partial charge is 0.166 e. The molecule has 0 saturated carbocycles. The number of thiophene rings is 1. The third-order valence-electron chi connectivity index (χ3n) is 2.08. The summed E-state index contributed by atoms with van der Waals surface area (Å²) < 4.78 is 5.04. The summed E-state index contributed by atoms with van der Waals surface area (Å²) in [5.74, 6) is 0.585. The molecule has 1 aromatic heterocycles. The Morgan fingerprint density at radius 2 is 2.13 bits per heavy atom. The van der Waals surface area contributed by atoms with Crippen molar-refractivity contribution in [2.45, 2.75) is 0 Å². The molecule has 0 radical (unpaired) electrons. The van der Waals surface area contributed by atoms with E-state index in [0.717, 1.165) is 4.88 Å². The molecule has 2 aromatic rings. The summed E-state index contributed by atoms with van der Waals surface area (Å²) in [7, 11) is 1.52. The number of ether oxygens (including phenoxy) is 1. The van der Waals surface area contributed by atoms with Crippen LogP contribution in [0.3, 0.4) is 0 Å². The molecule has 4 heteroatoms. The van der Waals surface area contributed by atoms with Gasteiger partial charge in [-0.05, 0) is 23.6 Å². The third-order valence-corrected chi connectivity index (χ3v) is 3.46. The molecular formula is C11H9ClO2S. The second-order valence-electron chi connectivity index (χ2n) is 2.95. The molecule has 1 aromatic carbocycles. The van der Waals surface area contributed by atoms with Crippen molar-refractivity contribution in [3.63, 3.8) is 0 Å². The number of methoxy groups -OCH3 is 1. The number of rotatable bonds is 2. The standard InChI is InChI=1S/C11H9ClO2S/c1-14-9-4-2-3-7(10(9)13)11-8(12)5-6-15-11/h2-6,13H,1H3. The minimum atomic E-state index is 0.129. The number of phenols is 1. The number of hydrogen-bond acceptors (Lipinski definition) is 3. The minimum absolute atomic E-state index is 0.129. The second-order valence-corrected chi connectivity index (χ2v) is 4.28. The van der Waals surface area contributed by atoms with Gasteiger partial charge in [-0.2, -0.15) is 0 Å². The Bertz CT molecular complexity index is 479. The number of halogens is 1. The Balaban J connectivity index is 2.59. The van der Waals surface area contributed by atoms with Crippen molar-refractivity contribution >= 4 is 22.9 Å². The van der Waals surface area contributed by atoms with E-state index in [9.17, 15) is 5.11 Å². The number of benzene rings is 1. The zero-order valence-electron chi connectivity index (χ0n) is 8.03. The molecule has 0 amide bonds. The molecule has 1 heterocycles. The minimum Gasteiger partial charge on any atom is -0.504 e. The average molecular weight is 241 g/mol. The first-order valence-electron chi connectivity index (χ1n) is 4.33. The average Bonchev–Trinajstić information content (AvgIpc) is 2.65. The summed E-state index contributed by atoms with van der Waals surface area (Å²) in [6, 6.07) is 7.15. The molecule has 15 heavy (non-hydrogen) atoms. The lowest BCUT2D eigenvalue weighted by molar-refractivity contribution is 0.374. The van der Waals surface area contributed by atoms with Crippen LogP contribution in [0, 0.1) is 0 Å². The lowest BCUT2D eigenvalue weighted by Gasteiger charge is -2.07. The van der Waals surface area contributed by atoms with E-state index in [4.69, 9.17) is 16.3 Å². The molecule has 0 unspecified atom stereocenters. The summed E-state index contributed by atoms with van der Waals surface area (Å²) >= 11 is 7.49. The molecule has 0 aliphatic carbocycles. The van der Waals surface area contributed by atoms with Crippen molar-refractivity contribution in [2.75, 3.05) is 7.11 Å². The van der Waals surface area contributed by atoms with Crippen molar-refractivity contribution < 1.29 is 9.84 Å². The Kier molecular flexibility index (Phi) is 2.84. The zero-order valence-corrected chi connectivity index (χ0v) is 9.60. The fourth-order valence-electron chi connectivity index (χ4n) is 1.36. The normalized spacial score (nSPS) is 10.3. The summed E-state index contributed by atoms with van der Waals surface area (Å²) in [6.45, 7) is 0. The highest BCUT2D eigenvalue weighted by Gasteiger charge is 2.12. The molecule has 0 spiro atoms. The van der Waals surface area contributed by atoms with Crippen LogP contribution in [0.15, 0.2) is 29.6 Å². The molecule has 1 N–H and O–H groups in total. The number of para-hydroxylation sites is 1. The highest BCUT2D eigenvalue weighted by molar-refractivity contribution is 7.14. The van der Waals surface area contributed by atoms with Crippen molar-refractivity contribution in [1.29, 1.82) is 0 Å². The summed E-state index contributed by atoms with van der Waals surface area (Å²) in [6.07, 6.45) is 0. The number of hydrogen-bond donors (Lipinski definition) is 1. The maximum atomic E-state index is 9.91. The molecule has 2 rings (SSSR count). The summed E-state index contributed by atoms with van der Waals surface area (Å²) in [4.78, 5) is 0.855. The molecular weight excluding hydrogens is 232 g/mol. The fourth-order valence-corrected chi connectivity index (χ4v) is 2.54. The number of phenolic OH excluding ortho intramolecular Hbond substituents is 1. The molecule has 78 valence electrons. The predicted molar refractivity (Wildman–Crippen MR) is 63.0 cm³/mol. The van der Waals surface area contributed by atoms with Crippen molar-refractivity contribution in [3.05, 3.63) is 34.7 Å². The maximum Gasteiger partial charge on any atom is 0.166 e. The zero-order chi connectivity index (χ0) is 10.8. The van der Waals surface area contributed by atoms with Crippen LogP contribution < -0.4 is 4.74 Å². The van der Waals surface area contributed by atoms with Crippen LogP contribution in [0.4, 0.5) is 0 Å². The molecule has 0 aliphatic heterocycles. The van der Waals surface area contributed by atoms with Crippen LogP contribution in [0.5, 0.6) is 11.5 Å². The maximum absolute atomic E-state index is 9.91. The second kappa shape index (κ2) is 4.13. The topological polar surface area (TPSA) is 29.5 Å². The van der Waals surface area contributed by atoms with E-state index >= 15 is 0 Å². The fraction of sp³-hybridized carbons (Fsp3) is 0.0909. The van der Waals surface area contributed by atoms with Gasteiger partial charge in [-0.1, -0.05) is 17.7 Å². The SMILES string of the molecule is COc1cccc(-c2sccc2Cl)c1O. The molecule has 0 bridgehead atoms. The van der Waals surface area contributed by atoms with E-state index in [0.29, 0.717) is 16.3 Å². The van der Waals surface area contributed by atoms with E-state index < -0.39 is 0 Å². The first kappa shape index (κ1) is 10.3. The van der Waals surface area contributed by atoms with E-state index in [1.54, 1.807) is 12.1 Å². The molecule has 0 saturated heterocycles. The van der Waals surface area contributed by atoms with Gasteiger partial charge in [-0.15, -0.1) is 11.3 Å². The Labute approximate surface area is 96.7 Å². The lowest BCUT2D eigenvalue weighted by atomic mass is 10.1. The van der Waals surface area contributed by atoms with E-state index in [1.165, 1.54) is 18.4 Å². The van der Waals surface area contributed by atoms with Gasteiger partial charge in [0, 0.05) is 5.56 Å². The van der Waals surface area contributed by atoms with Crippen molar-refractivity contribution in [2.24, 2.45) is 0 Å². The highest BCUT2D eigenvalue weighted by Crippen LogP contribution is 2.42. The largest absolute Gasteiger partial charge is 0.504 e. The molecule has 0 fully saturated rings. The van der Waals surface area contributed by atoms with E-state index in [1.807, 2.05) is 17.5 Å². The van der Waals surface area contributed by atoms with Gasteiger partial charge >= 0.3 is 0 Å². The van der Waals surface area contributed by atoms with Crippen molar-refractivity contribution in [1.82, 2.24) is 0 Å². The Morgan fingerprint density at radius 1 is 1.33 bits per heavy atom. The van der Waals surface area contributed by atoms with E-state index in [2.05, 4.69) is 0 Å². The van der Waals surface area contributed by atoms with Gasteiger partial charge in [0.2, 0.25) is 0 Å². The van der Waals surface area contributed by atoms with Crippen LogP contribution >= 0.6 is 22.9 Å². The van der Waals surface area contributed by atoms with Gasteiger partial charge in [0.1, 0.15) is 0 Å². The lowest BCUT2D eigenvalue weighted by Crippen LogP contribution is -1.84. The first-order chi connectivity index (χ1) is 7.24. The van der Waals surface area contributed by atoms with Crippen LogP contribution in [-0.2, 0) is 0 Å². The number of aromatic hydroxyl groups is 1. The predicted octanol–water partition coefficient (Wildman–Crippen LogP) is 3.78. The monoisotopic (exact) mass is 240 g/mol. The first-order valence-corrected chi connectivity index (χ1v) is 5.59. The Hall–Kier alpha value is -1.19. The summed E-state index contributed by atoms with van der Waals surface area (Å²) in [5.41, 5.74) is 0.703. The van der Waals surface area contributed by atoms with Gasteiger partial charge in [0.25, 0.3) is 0 Å². The highest BCUT2D eigenvalue weighted by atomic mass is 35.5. The molecule has 0 atom stereocenters. The van der Waals surface area contributed by atoms with Crippen LogP contribution in [0.25, 0.3) is 10.4 Å². The quantitative estimate of drug-likeness (QED) is 0.866. The van der Waals surface area contributed by atoms with Crippen LogP contribution in [0.2, 0.25) is 5.02 Å². The van der Waals surface area contributed by atoms with Gasteiger partial charge in [0.05, 0.1) is 17.0 Å². The van der Waals surface area contributed by atoms with Gasteiger partial charge < -0.3 is 9.84 Å².